The van der Waals surface area contributed by atoms with Crippen molar-refractivity contribution in [3.05, 3.63) is 123 Å². The minimum atomic E-state index is -0.869. The number of hydrogen-bond donors (Lipinski definition) is 0. The number of anilines is 1. The van der Waals surface area contributed by atoms with Gasteiger partial charge in [0.1, 0.15) is 11.8 Å². The molecule has 0 N–H and O–H groups in total. The molecule has 2 heterocycles. The Labute approximate surface area is 217 Å². The number of hydrogen-bond acceptors (Lipinski definition) is 4. The third-order valence-corrected chi connectivity index (χ3v) is 6.11. The SMILES string of the molecule is COc1ccc(N2C(=O)[C@@H](N3C(=O)c4ccccc4C3=O)[C@@H]2[C]2[CH][CH][CH][CH]2)cc1.[CH]1[CH][CH][CH][CH]1.[Fe+2]. The van der Waals surface area contributed by atoms with Gasteiger partial charge >= 0.3 is 17.1 Å². The van der Waals surface area contributed by atoms with E-state index in [1.807, 2.05) is 57.8 Å². The van der Waals surface area contributed by atoms with Crippen LogP contribution in [-0.2, 0) is 21.9 Å². The average Bonchev–Trinajstić information content (AvgIpc) is 3.65. The van der Waals surface area contributed by atoms with Gasteiger partial charge in [-0.15, -0.1) is 0 Å². The smallest absolute Gasteiger partial charge is 0.497 e. The average molecular weight is 506 g/mol. The normalized spacial score (nSPS) is 23.4. The molecule has 0 unspecified atom stereocenters. The zero-order valence-corrected chi connectivity index (χ0v) is 20.0. The van der Waals surface area contributed by atoms with Crippen molar-refractivity contribution in [3.63, 3.8) is 0 Å². The number of imide groups is 1. The summed E-state index contributed by atoms with van der Waals surface area (Å²) in [6.07, 6.45) is 17.6. The van der Waals surface area contributed by atoms with Crippen LogP contribution in [0.4, 0.5) is 5.69 Å². The van der Waals surface area contributed by atoms with Gasteiger partial charge in [-0.3, -0.25) is 19.3 Å². The fourth-order valence-corrected chi connectivity index (χ4v) is 4.45. The molecule has 10 radical (unpaired) electrons. The fraction of sp³-hybridized carbons (Fsp3) is 0.107. The Hall–Kier alpha value is -2.63. The van der Waals surface area contributed by atoms with E-state index in [2.05, 4.69) is 0 Å². The standard InChI is InChI=1S/C23H17N2O4.C5H5.Fe/c1-29-16-12-10-15(11-13-16)24-19(14-6-2-3-7-14)20(23(24)28)25-21(26)17-8-4-5-9-18(17)22(25)27;1-2-4-5-3-1;/h2-13,19-20H,1H3;1-5H;/q;;+2/t19-,20-;;/m0../s1. The molecule has 6 rings (SSSR count). The second-order valence-corrected chi connectivity index (χ2v) is 8.00. The molecule has 2 aromatic carbocycles. The van der Waals surface area contributed by atoms with Gasteiger partial charge < -0.3 is 9.64 Å². The Kier molecular flexibility index (Phi) is 7.98. The summed E-state index contributed by atoms with van der Waals surface area (Å²) in [7, 11) is 1.58. The Morgan fingerprint density at radius 2 is 1.17 bits per heavy atom. The number of rotatable bonds is 4. The van der Waals surface area contributed by atoms with E-state index in [1.165, 1.54) is 0 Å². The summed E-state index contributed by atoms with van der Waals surface area (Å²) in [5.74, 6) is 0.436. The van der Waals surface area contributed by atoms with E-state index in [9.17, 15) is 14.4 Å². The minimum Gasteiger partial charge on any atom is -0.497 e. The molecule has 4 aliphatic rings. The number of fused-ring (bicyclic) bond motifs is 1. The van der Waals surface area contributed by atoms with Gasteiger partial charge in [0.05, 0.1) is 24.3 Å². The zero-order valence-electron chi connectivity index (χ0n) is 18.9. The van der Waals surface area contributed by atoms with Crippen molar-refractivity contribution < 1.29 is 36.2 Å². The molecule has 3 amide bonds. The maximum absolute atomic E-state index is 13.2. The number of amides is 3. The molecule has 2 aliphatic carbocycles. The van der Waals surface area contributed by atoms with Crippen LogP contribution in [0.3, 0.4) is 0 Å². The number of nitrogens with zero attached hydrogens (tertiary/aromatic N) is 2. The predicted octanol–water partition coefficient (Wildman–Crippen LogP) is 3.50. The summed E-state index contributed by atoms with van der Waals surface area (Å²) in [6.45, 7) is 0. The summed E-state index contributed by atoms with van der Waals surface area (Å²) in [5, 5.41) is 0. The Morgan fingerprint density at radius 3 is 1.66 bits per heavy atom. The van der Waals surface area contributed by atoms with Gasteiger partial charge in [-0.2, -0.15) is 0 Å². The van der Waals surface area contributed by atoms with Gasteiger partial charge in [-0.1, -0.05) is 12.1 Å². The molecule has 0 spiro atoms. The number of ether oxygens (including phenoxy) is 1. The van der Waals surface area contributed by atoms with Crippen molar-refractivity contribution in [1.29, 1.82) is 0 Å². The summed E-state index contributed by atoms with van der Waals surface area (Å²) >= 11 is 0. The molecule has 1 saturated heterocycles. The van der Waals surface area contributed by atoms with E-state index in [4.69, 9.17) is 4.74 Å². The van der Waals surface area contributed by atoms with Gasteiger partial charge in [0.15, 0.2) is 0 Å². The second-order valence-electron chi connectivity index (χ2n) is 8.00. The van der Waals surface area contributed by atoms with Gasteiger partial charge in [0.2, 0.25) is 0 Å². The number of benzene rings is 2. The zero-order chi connectivity index (χ0) is 23.7. The molecule has 6 nitrogen and oxygen atoms in total. The maximum Gasteiger partial charge on any atom is 2.00 e. The second kappa shape index (κ2) is 11.0. The Morgan fingerprint density at radius 1 is 0.657 bits per heavy atom. The van der Waals surface area contributed by atoms with E-state index in [0.717, 1.165) is 10.8 Å². The van der Waals surface area contributed by atoms with Crippen molar-refractivity contribution in [3.8, 4) is 5.75 Å². The molecule has 2 aliphatic heterocycles. The van der Waals surface area contributed by atoms with Crippen molar-refractivity contribution in [2.24, 2.45) is 0 Å². The predicted molar refractivity (Wildman–Crippen MR) is 127 cm³/mol. The van der Waals surface area contributed by atoms with Crippen molar-refractivity contribution in [1.82, 2.24) is 4.90 Å². The molecule has 2 saturated carbocycles. The summed E-state index contributed by atoms with van der Waals surface area (Å²) in [6, 6.07) is 12.5. The molecule has 7 heteroatoms. The maximum atomic E-state index is 13.2. The molecular formula is C28H22FeN2O4+2. The molecule has 174 valence electrons. The number of carbonyl (C=O) groups is 3. The topological polar surface area (TPSA) is 66.9 Å². The van der Waals surface area contributed by atoms with Crippen LogP contribution in [0.25, 0.3) is 0 Å². The van der Waals surface area contributed by atoms with E-state index in [1.54, 1.807) is 60.5 Å². The molecule has 3 fully saturated rings. The van der Waals surface area contributed by atoms with Crippen LogP contribution in [0.15, 0.2) is 48.5 Å². The van der Waals surface area contributed by atoms with Gasteiger partial charge in [0, 0.05) is 11.6 Å². The van der Waals surface area contributed by atoms with Crippen molar-refractivity contribution in [2.45, 2.75) is 12.1 Å². The Balaban J connectivity index is 0.000000431. The van der Waals surface area contributed by atoms with E-state index in [0.29, 0.717) is 22.6 Å². The monoisotopic (exact) mass is 506 g/mol. The Bertz CT molecular complexity index is 1030. The van der Waals surface area contributed by atoms with E-state index < -0.39 is 23.9 Å². The third-order valence-electron chi connectivity index (χ3n) is 6.11. The number of carbonyl (C=O) groups excluding carboxylic acids is 3. The quantitative estimate of drug-likeness (QED) is 0.362. The largest absolute Gasteiger partial charge is 2.00 e. The van der Waals surface area contributed by atoms with E-state index >= 15 is 0 Å². The molecule has 2 atom stereocenters. The number of β-lactam (4-membered cyclic amide) rings is 1. The fourth-order valence-electron chi connectivity index (χ4n) is 4.45. The van der Waals surface area contributed by atoms with Gasteiger partial charge in [-0.25, -0.2) is 0 Å². The van der Waals surface area contributed by atoms with Crippen LogP contribution in [0, 0.1) is 63.7 Å². The van der Waals surface area contributed by atoms with Crippen LogP contribution in [0.1, 0.15) is 20.7 Å². The number of methoxy groups -OCH3 is 1. The minimum absolute atomic E-state index is 0. The first-order valence-corrected chi connectivity index (χ1v) is 10.9. The van der Waals surface area contributed by atoms with Crippen LogP contribution in [0.2, 0.25) is 0 Å². The molecule has 2 aromatic rings. The first-order chi connectivity index (χ1) is 16.6. The molecule has 35 heavy (non-hydrogen) atoms. The molecule has 0 aromatic heterocycles. The summed E-state index contributed by atoms with van der Waals surface area (Å²) in [4.78, 5) is 41.8. The van der Waals surface area contributed by atoms with Crippen LogP contribution >= 0.6 is 0 Å². The first-order valence-electron chi connectivity index (χ1n) is 10.9. The van der Waals surface area contributed by atoms with Crippen LogP contribution in [-0.4, -0.2) is 41.8 Å². The van der Waals surface area contributed by atoms with Crippen LogP contribution in [0.5, 0.6) is 5.75 Å². The summed E-state index contributed by atoms with van der Waals surface area (Å²) < 4.78 is 5.19. The van der Waals surface area contributed by atoms with Crippen molar-refractivity contribution in [2.75, 3.05) is 12.0 Å². The third kappa shape index (κ3) is 4.64. The first kappa shape index (κ1) is 25.5. The van der Waals surface area contributed by atoms with Gasteiger partial charge in [0.25, 0.3) is 17.7 Å². The van der Waals surface area contributed by atoms with Gasteiger partial charge in [-0.05, 0) is 94.2 Å². The molecule has 0 bridgehead atoms. The van der Waals surface area contributed by atoms with Crippen molar-refractivity contribution >= 4 is 23.4 Å². The van der Waals surface area contributed by atoms with Crippen LogP contribution < -0.4 is 9.64 Å². The van der Waals surface area contributed by atoms with E-state index in [-0.39, 0.29) is 23.0 Å². The summed E-state index contributed by atoms with van der Waals surface area (Å²) in [5.41, 5.74) is 1.37. The molecular weight excluding hydrogens is 484 g/mol.